The van der Waals surface area contributed by atoms with Crippen LogP contribution in [0.1, 0.15) is 21.6 Å². The minimum atomic E-state index is -0.457. The largest absolute Gasteiger partial charge is 0.507 e. The number of carbonyl (C=O) groups is 1. The number of hydrogen-bond donors (Lipinski definition) is 1. The first kappa shape index (κ1) is 14.9. The van der Waals surface area contributed by atoms with Gasteiger partial charge in [0.25, 0.3) is 0 Å². The quantitative estimate of drug-likeness (QED) is 0.868. The van der Waals surface area contributed by atoms with E-state index in [2.05, 4.69) is 0 Å². The number of methoxy groups -OCH3 is 1. The highest BCUT2D eigenvalue weighted by molar-refractivity contribution is 6.06. The van der Waals surface area contributed by atoms with Crippen LogP contribution in [-0.4, -0.2) is 41.7 Å². The number of ether oxygens (including phenoxy) is 1. The smallest absolute Gasteiger partial charge is 0.340 e. The van der Waals surface area contributed by atoms with Gasteiger partial charge in [0.05, 0.1) is 23.8 Å². The number of nitrogens with zero attached hydrogens (tertiary/aromatic N) is 3. The van der Waals surface area contributed by atoms with Gasteiger partial charge in [-0.05, 0) is 26.2 Å². The summed E-state index contributed by atoms with van der Waals surface area (Å²) in [6.07, 6.45) is 0. The van der Waals surface area contributed by atoms with Crippen molar-refractivity contribution in [1.29, 1.82) is 5.26 Å². The Morgan fingerprint density at radius 3 is 2.67 bits per heavy atom. The number of phenols is 1. The molecule has 0 saturated heterocycles. The van der Waals surface area contributed by atoms with E-state index in [9.17, 15) is 9.90 Å². The molecule has 0 aliphatic carbocycles. The molecular weight excluding hydrogens is 270 g/mol. The zero-order valence-corrected chi connectivity index (χ0v) is 12.5. The summed E-state index contributed by atoms with van der Waals surface area (Å²) >= 11 is 0. The Kier molecular flexibility index (Phi) is 3.87. The number of aromatic nitrogens is 1. The predicted molar refractivity (Wildman–Crippen MR) is 78.0 cm³/mol. The van der Waals surface area contributed by atoms with Crippen molar-refractivity contribution in [2.75, 3.05) is 21.2 Å². The van der Waals surface area contributed by atoms with Crippen molar-refractivity contribution in [3.05, 3.63) is 29.0 Å². The second kappa shape index (κ2) is 5.46. The lowest BCUT2D eigenvalue weighted by molar-refractivity contribution is 0.0600. The number of esters is 1. The second-order valence-corrected chi connectivity index (χ2v) is 5.11. The van der Waals surface area contributed by atoms with Gasteiger partial charge in [-0.1, -0.05) is 0 Å². The van der Waals surface area contributed by atoms with E-state index < -0.39 is 5.97 Å². The van der Waals surface area contributed by atoms with Gasteiger partial charge in [-0.2, -0.15) is 5.26 Å². The molecule has 2 aromatic rings. The first-order valence-electron chi connectivity index (χ1n) is 6.38. The molecule has 6 heteroatoms. The van der Waals surface area contributed by atoms with Crippen molar-refractivity contribution >= 4 is 16.9 Å². The van der Waals surface area contributed by atoms with Crippen molar-refractivity contribution in [2.24, 2.45) is 7.05 Å². The van der Waals surface area contributed by atoms with Crippen LogP contribution in [0.4, 0.5) is 0 Å². The van der Waals surface area contributed by atoms with E-state index >= 15 is 0 Å². The lowest BCUT2D eigenvalue weighted by atomic mass is 10.1. The maximum Gasteiger partial charge on any atom is 0.340 e. The van der Waals surface area contributed by atoms with E-state index in [0.29, 0.717) is 23.0 Å². The average molecular weight is 287 g/mol. The number of hydrogen-bond acceptors (Lipinski definition) is 5. The van der Waals surface area contributed by atoms with Crippen molar-refractivity contribution in [3.63, 3.8) is 0 Å². The first-order chi connectivity index (χ1) is 9.90. The van der Waals surface area contributed by atoms with Gasteiger partial charge >= 0.3 is 5.97 Å². The van der Waals surface area contributed by atoms with Crippen LogP contribution >= 0.6 is 0 Å². The summed E-state index contributed by atoms with van der Waals surface area (Å²) in [5.74, 6) is -0.598. The number of fused-ring (bicyclic) bond motifs is 1. The molecule has 0 aliphatic heterocycles. The fourth-order valence-electron chi connectivity index (χ4n) is 2.43. The van der Waals surface area contributed by atoms with Gasteiger partial charge in [0.15, 0.2) is 0 Å². The standard InChI is InChI=1S/C15H17N3O3/c1-17(2)8-12-14(15(20)21-4)10-6-13(19)9(7-16)5-11(10)18(12)3/h5-6,19H,8H2,1-4H3. The molecule has 1 N–H and O–H groups in total. The summed E-state index contributed by atoms with van der Waals surface area (Å²) in [4.78, 5) is 14.0. The maximum atomic E-state index is 12.1. The van der Waals surface area contributed by atoms with Gasteiger partial charge in [0.2, 0.25) is 0 Å². The highest BCUT2D eigenvalue weighted by Crippen LogP contribution is 2.32. The van der Waals surface area contributed by atoms with Crippen LogP contribution < -0.4 is 0 Å². The van der Waals surface area contributed by atoms with Gasteiger partial charge in [-0.3, -0.25) is 0 Å². The van der Waals surface area contributed by atoms with Crippen LogP contribution in [0.5, 0.6) is 5.75 Å². The molecule has 0 bridgehead atoms. The molecule has 0 radical (unpaired) electrons. The summed E-state index contributed by atoms with van der Waals surface area (Å²) in [6.45, 7) is 0.540. The summed E-state index contributed by atoms with van der Waals surface area (Å²) in [5.41, 5.74) is 2.08. The molecule has 0 aliphatic rings. The molecule has 1 aromatic carbocycles. The van der Waals surface area contributed by atoms with Crippen molar-refractivity contribution in [1.82, 2.24) is 9.47 Å². The Labute approximate surface area is 122 Å². The number of aryl methyl sites for hydroxylation is 1. The van der Waals surface area contributed by atoms with Gasteiger partial charge in [0.1, 0.15) is 11.8 Å². The predicted octanol–water partition coefficient (Wildman–Crippen LogP) is 1.60. The van der Waals surface area contributed by atoms with Gasteiger partial charge in [-0.15, -0.1) is 0 Å². The summed E-state index contributed by atoms with van der Waals surface area (Å²) in [7, 11) is 6.95. The van der Waals surface area contributed by atoms with Gasteiger partial charge < -0.3 is 19.3 Å². The molecule has 0 saturated carbocycles. The third-order valence-electron chi connectivity index (χ3n) is 3.41. The van der Waals surface area contributed by atoms with Gasteiger partial charge in [0, 0.05) is 24.7 Å². The second-order valence-electron chi connectivity index (χ2n) is 5.11. The van der Waals surface area contributed by atoms with E-state index in [4.69, 9.17) is 10.00 Å². The lowest BCUT2D eigenvalue weighted by Crippen LogP contribution is -2.16. The molecule has 110 valence electrons. The highest BCUT2D eigenvalue weighted by atomic mass is 16.5. The summed E-state index contributed by atoms with van der Waals surface area (Å²) in [6, 6.07) is 4.96. The number of phenolic OH excluding ortho intramolecular Hbond substituents is 1. The average Bonchev–Trinajstić information content (AvgIpc) is 2.69. The van der Waals surface area contributed by atoms with E-state index in [1.165, 1.54) is 13.2 Å². The SMILES string of the molecule is COC(=O)c1c(CN(C)C)n(C)c2cc(C#N)c(O)cc12. The molecule has 1 heterocycles. The number of rotatable bonds is 3. The van der Waals surface area contributed by atoms with Crippen LogP contribution in [0.25, 0.3) is 10.9 Å². The minimum Gasteiger partial charge on any atom is -0.507 e. The molecule has 0 fully saturated rings. The zero-order chi connectivity index (χ0) is 15.7. The van der Waals surface area contributed by atoms with Crippen LogP contribution in [0.3, 0.4) is 0 Å². The Hall–Kier alpha value is -2.52. The first-order valence-corrected chi connectivity index (χ1v) is 6.38. The number of nitriles is 1. The van der Waals surface area contributed by atoms with Crippen molar-refractivity contribution in [3.8, 4) is 11.8 Å². The monoisotopic (exact) mass is 287 g/mol. The van der Waals surface area contributed by atoms with Crippen LogP contribution in [0.15, 0.2) is 12.1 Å². The highest BCUT2D eigenvalue weighted by Gasteiger charge is 2.23. The molecule has 21 heavy (non-hydrogen) atoms. The van der Waals surface area contributed by atoms with E-state index in [-0.39, 0.29) is 11.3 Å². The Morgan fingerprint density at radius 1 is 1.48 bits per heavy atom. The molecule has 0 unspecified atom stereocenters. The summed E-state index contributed by atoms with van der Waals surface area (Å²) in [5, 5.41) is 19.5. The van der Waals surface area contributed by atoms with Crippen molar-refractivity contribution < 1.29 is 14.6 Å². The Morgan fingerprint density at radius 2 is 2.14 bits per heavy atom. The Bertz CT molecular complexity index is 754. The third kappa shape index (κ3) is 2.43. The number of aromatic hydroxyl groups is 1. The third-order valence-corrected chi connectivity index (χ3v) is 3.41. The van der Waals surface area contributed by atoms with E-state index in [1.807, 2.05) is 36.7 Å². The Balaban J connectivity index is 2.85. The fraction of sp³-hybridized carbons (Fsp3) is 0.333. The van der Waals surface area contributed by atoms with E-state index in [0.717, 1.165) is 5.69 Å². The molecule has 1 aromatic heterocycles. The summed E-state index contributed by atoms with van der Waals surface area (Å²) < 4.78 is 6.71. The molecule has 0 spiro atoms. The van der Waals surface area contributed by atoms with Crippen LogP contribution in [0.2, 0.25) is 0 Å². The molecular formula is C15H17N3O3. The van der Waals surface area contributed by atoms with Crippen LogP contribution in [-0.2, 0) is 18.3 Å². The van der Waals surface area contributed by atoms with Crippen LogP contribution in [0, 0.1) is 11.3 Å². The molecule has 2 rings (SSSR count). The van der Waals surface area contributed by atoms with E-state index in [1.54, 1.807) is 6.07 Å². The van der Waals surface area contributed by atoms with Crippen molar-refractivity contribution in [2.45, 2.75) is 6.54 Å². The number of carbonyl (C=O) groups excluding carboxylic acids is 1. The zero-order valence-electron chi connectivity index (χ0n) is 12.5. The topological polar surface area (TPSA) is 78.5 Å². The number of benzene rings is 1. The van der Waals surface area contributed by atoms with Gasteiger partial charge in [-0.25, -0.2) is 4.79 Å². The molecule has 0 amide bonds. The minimum absolute atomic E-state index is 0.142. The lowest BCUT2D eigenvalue weighted by Gasteiger charge is -2.12. The normalized spacial score (nSPS) is 10.9. The molecule has 0 atom stereocenters. The maximum absolute atomic E-state index is 12.1. The molecule has 6 nitrogen and oxygen atoms in total. The fourth-order valence-corrected chi connectivity index (χ4v) is 2.43.